The van der Waals surface area contributed by atoms with Crippen molar-refractivity contribution in [1.82, 2.24) is 14.9 Å². The molecule has 2 amide bonds. The Morgan fingerprint density at radius 2 is 1.90 bits per heavy atom. The van der Waals surface area contributed by atoms with Crippen LogP contribution in [0.5, 0.6) is 11.5 Å². The molecule has 158 valence electrons. The van der Waals surface area contributed by atoms with Crippen molar-refractivity contribution in [2.75, 3.05) is 25.2 Å². The number of rotatable bonds is 5. The maximum absolute atomic E-state index is 12.6. The first-order valence-electron chi connectivity index (χ1n) is 9.96. The average Bonchev–Trinajstić information content (AvgIpc) is 3.35. The van der Waals surface area contributed by atoms with Gasteiger partial charge in [0.05, 0.1) is 5.69 Å². The minimum Gasteiger partial charge on any atom is -0.454 e. The van der Waals surface area contributed by atoms with Crippen LogP contribution in [0.3, 0.4) is 0 Å². The molecular weight excluding hydrogens is 388 g/mol. The van der Waals surface area contributed by atoms with Crippen molar-refractivity contribution in [3.05, 3.63) is 35.4 Å². The first kappa shape index (κ1) is 19.9. The number of hydrogen-bond acceptors (Lipinski definition) is 6. The van der Waals surface area contributed by atoms with Gasteiger partial charge in [0.1, 0.15) is 11.5 Å². The molecule has 1 saturated heterocycles. The van der Waals surface area contributed by atoms with E-state index >= 15 is 0 Å². The molecule has 1 aromatic heterocycles. The Labute approximate surface area is 173 Å². The number of hydrogen-bond donors (Lipinski definition) is 2. The van der Waals surface area contributed by atoms with E-state index in [1.807, 2.05) is 0 Å². The van der Waals surface area contributed by atoms with Gasteiger partial charge in [0.2, 0.25) is 12.7 Å². The van der Waals surface area contributed by atoms with Crippen molar-refractivity contribution in [2.24, 2.45) is 5.92 Å². The van der Waals surface area contributed by atoms with Crippen molar-refractivity contribution in [2.45, 2.75) is 33.1 Å². The summed E-state index contributed by atoms with van der Waals surface area (Å²) in [6.07, 6.45) is 3.43. The molecule has 0 unspecified atom stereocenters. The summed E-state index contributed by atoms with van der Waals surface area (Å²) in [7, 11) is 0. The number of piperidine rings is 1. The summed E-state index contributed by atoms with van der Waals surface area (Å²) in [4.78, 5) is 45.9. The Kier molecular flexibility index (Phi) is 5.43. The maximum Gasteiger partial charge on any atom is 0.274 e. The van der Waals surface area contributed by atoms with Crippen LogP contribution in [-0.2, 0) is 4.79 Å². The van der Waals surface area contributed by atoms with Crippen LogP contribution in [0.1, 0.15) is 52.9 Å². The largest absolute Gasteiger partial charge is 0.454 e. The Hall–Kier alpha value is -3.36. The van der Waals surface area contributed by atoms with Gasteiger partial charge >= 0.3 is 0 Å². The second-order valence-electron chi connectivity index (χ2n) is 7.67. The zero-order valence-electron chi connectivity index (χ0n) is 17.0. The van der Waals surface area contributed by atoms with Gasteiger partial charge in [-0.3, -0.25) is 14.4 Å². The summed E-state index contributed by atoms with van der Waals surface area (Å²) in [6, 6.07) is 3.23. The number of fused-ring (bicyclic) bond motifs is 1. The third kappa shape index (κ3) is 4.14. The topological polar surface area (TPSA) is 114 Å². The number of imidazole rings is 1. The van der Waals surface area contributed by atoms with Crippen molar-refractivity contribution in [3.63, 3.8) is 0 Å². The quantitative estimate of drug-likeness (QED) is 0.730. The van der Waals surface area contributed by atoms with Crippen LogP contribution < -0.4 is 14.8 Å². The predicted molar refractivity (Wildman–Crippen MR) is 108 cm³/mol. The number of carbonyl (C=O) groups is 3. The van der Waals surface area contributed by atoms with Crippen LogP contribution >= 0.6 is 0 Å². The second kappa shape index (κ2) is 8.17. The normalized spacial score (nSPS) is 15.9. The number of H-pyrrole nitrogens is 1. The number of anilines is 1. The monoisotopic (exact) mass is 412 g/mol. The summed E-state index contributed by atoms with van der Waals surface area (Å²) in [5.41, 5.74) is 1.24. The Morgan fingerprint density at radius 1 is 1.20 bits per heavy atom. The molecule has 0 radical (unpaired) electrons. The van der Waals surface area contributed by atoms with Crippen molar-refractivity contribution < 1.29 is 23.9 Å². The molecule has 2 aliphatic heterocycles. The molecule has 2 aromatic rings. The van der Waals surface area contributed by atoms with Gasteiger partial charge in [-0.15, -0.1) is 0 Å². The number of carbonyl (C=O) groups excluding carboxylic acids is 3. The lowest BCUT2D eigenvalue weighted by atomic mass is 9.93. The Bertz CT molecular complexity index is 991. The minimum absolute atomic E-state index is 0.0892. The van der Waals surface area contributed by atoms with Gasteiger partial charge in [-0.25, -0.2) is 4.98 Å². The summed E-state index contributed by atoms with van der Waals surface area (Å²) in [6.45, 7) is 4.52. The molecule has 0 atom stereocenters. The molecule has 4 rings (SSSR count). The zero-order valence-corrected chi connectivity index (χ0v) is 17.0. The third-order valence-corrected chi connectivity index (χ3v) is 5.47. The molecule has 1 aromatic carbocycles. The minimum atomic E-state index is -0.163. The van der Waals surface area contributed by atoms with Gasteiger partial charge in [0.25, 0.3) is 5.91 Å². The molecular formula is C21H24N4O5. The molecule has 2 aliphatic rings. The molecule has 1 fully saturated rings. The van der Waals surface area contributed by atoms with E-state index in [1.54, 1.807) is 30.2 Å². The molecule has 9 nitrogen and oxygen atoms in total. The fourth-order valence-corrected chi connectivity index (χ4v) is 3.83. The smallest absolute Gasteiger partial charge is 0.274 e. The molecule has 0 bridgehead atoms. The van der Waals surface area contributed by atoms with Crippen molar-refractivity contribution in [1.29, 1.82) is 0 Å². The predicted octanol–water partition coefficient (Wildman–Crippen LogP) is 2.53. The number of likely N-dealkylation sites (tertiary alicyclic amines) is 1. The molecule has 30 heavy (non-hydrogen) atoms. The van der Waals surface area contributed by atoms with Crippen molar-refractivity contribution >= 4 is 23.3 Å². The van der Waals surface area contributed by atoms with Crippen LogP contribution in [0, 0.1) is 12.8 Å². The Morgan fingerprint density at radius 3 is 2.53 bits per heavy atom. The van der Waals surface area contributed by atoms with E-state index in [2.05, 4.69) is 15.3 Å². The van der Waals surface area contributed by atoms with Crippen LogP contribution in [0.4, 0.5) is 5.69 Å². The number of aromatic nitrogens is 2. The summed E-state index contributed by atoms with van der Waals surface area (Å²) in [5, 5.41) is 2.84. The summed E-state index contributed by atoms with van der Waals surface area (Å²) in [5.74, 6) is 1.47. The van der Waals surface area contributed by atoms with Gasteiger partial charge in [-0.05, 0) is 38.7 Å². The molecule has 2 N–H and O–H groups in total. The van der Waals surface area contributed by atoms with Crippen LogP contribution in [0.15, 0.2) is 18.3 Å². The van der Waals surface area contributed by atoms with E-state index < -0.39 is 0 Å². The van der Waals surface area contributed by atoms with Crippen LogP contribution in [-0.4, -0.2) is 52.3 Å². The molecule has 0 aliphatic carbocycles. The fraction of sp³-hybridized carbons (Fsp3) is 0.429. The van der Waals surface area contributed by atoms with E-state index in [1.165, 1.54) is 6.92 Å². The molecule has 0 spiro atoms. The van der Waals surface area contributed by atoms with E-state index in [4.69, 9.17) is 9.47 Å². The van der Waals surface area contributed by atoms with Crippen LogP contribution in [0.2, 0.25) is 0 Å². The highest BCUT2D eigenvalue weighted by Gasteiger charge is 2.27. The first-order valence-corrected chi connectivity index (χ1v) is 9.96. The van der Waals surface area contributed by atoms with Gasteiger partial charge in [0.15, 0.2) is 17.3 Å². The lowest BCUT2D eigenvalue weighted by Crippen LogP contribution is -2.39. The number of amides is 2. The van der Waals surface area contributed by atoms with E-state index in [0.29, 0.717) is 53.8 Å². The highest BCUT2D eigenvalue weighted by molar-refractivity contribution is 6.04. The van der Waals surface area contributed by atoms with Gasteiger partial charge in [-0.2, -0.15) is 0 Å². The molecule has 3 heterocycles. The number of ether oxygens (including phenoxy) is 2. The lowest BCUT2D eigenvalue weighted by molar-refractivity contribution is -0.117. The number of Topliss-reactive ketones (excluding diaryl/α,β-unsaturated/α-hetero) is 1. The number of nitrogens with zero attached hydrogens (tertiary/aromatic N) is 2. The maximum atomic E-state index is 12.6. The molecule has 0 saturated carbocycles. The SMILES string of the molecule is CC(=O)c1cc2c(cc1NC(=O)CC1CCN(C(=O)c3c[nH]c(C)n3)CC1)OCO2. The van der Waals surface area contributed by atoms with Crippen molar-refractivity contribution in [3.8, 4) is 11.5 Å². The lowest BCUT2D eigenvalue weighted by Gasteiger charge is -2.31. The van der Waals surface area contributed by atoms with E-state index in [9.17, 15) is 14.4 Å². The number of ketones is 1. The van der Waals surface area contributed by atoms with E-state index in [-0.39, 0.29) is 30.3 Å². The van der Waals surface area contributed by atoms with Gasteiger partial charge < -0.3 is 24.7 Å². The summed E-state index contributed by atoms with van der Waals surface area (Å²) < 4.78 is 10.7. The van der Waals surface area contributed by atoms with E-state index in [0.717, 1.165) is 12.8 Å². The number of aromatic amines is 1. The van der Waals surface area contributed by atoms with Crippen LogP contribution in [0.25, 0.3) is 0 Å². The second-order valence-corrected chi connectivity index (χ2v) is 7.67. The molecule has 9 heteroatoms. The number of nitrogens with one attached hydrogen (secondary N) is 2. The average molecular weight is 412 g/mol. The number of benzene rings is 1. The third-order valence-electron chi connectivity index (χ3n) is 5.47. The fourth-order valence-electron chi connectivity index (χ4n) is 3.83. The highest BCUT2D eigenvalue weighted by atomic mass is 16.7. The highest BCUT2D eigenvalue weighted by Crippen LogP contribution is 2.37. The first-order chi connectivity index (χ1) is 14.4. The summed E-state index contributed by atoms with van der Waals surface area (Å²) >= 11 is 0. The zero-order chi connectivity index (χ0) is 21.3. The standard InChI is InChI=1S/C21H24N4O5/c1-12(26)15-8-18-19(30-11-29-18)9-16(15)24-20(27)7-14-3-5-25(6-4-14)21(28)17-10-22-13(2)23-17/h8-10,14H,3-7,11H2,1-2H3,(H,22,23)(H,24,27). The Balaban J connectivity index is 1.33. The van der Waals surface area contributed by atoms with Gasteiger partial charge in [0, 0.05) is 37.3 Å². The van der Waals surface area contributed by atoms with Gasteiger partial charge in [-0.1, -0.05) is 0 Å². The number of aryl methyl sites for hydroxylation is 1.